The Hall–Kier alpha value is -1.22. The summed E-state index contributed by atoms with van der Waals surface area (Å²) in [6, 6.07) is 6.19. The Morgan fingerprint density at radius 1 is 1.11 bits per heavy atom. The second kappa shape index (κ2) is 8.05. The minimum absolute atomic E-state index is 0.255. The Balaban J connectivity index is 2.76. The molecule has 0 aliphatic carbocycles. The van der Waals surface area contributed by atoms with Crippen LogP contribution < -0.4 is 14.8 Å². The average molecular weight is 265 g/mol. The lowest BCUT2D eigenvalue weighted by Gasteiger charge is -2.21. The van der Waals surface area contributed by atoms with Gasteiger partial charge in [-0.15, -0.1) is 0 Å². The number of hydrogen-bond donors (Lipinski definition) is 1. The molecule has 3 heteroatoms. The van der Waals surface area contributed by atoms with Crippen molar-refractivity contribution in [1.29, 1.82) is 0 Å². The summed E-state index contributed by atoms with van der Waals surface area (Å²) < 4.78 is 10.7. The number of nitrogens with one attached hydrogen (secondary N) is 1. The third-order valence-corrected chi connectivity index (χ3v) is 3.77. The Morgan fingerprint density at radius 2 is 1.79 bits per heavy atom. The van der Waals surface area contributed by atoms with Crippen LogP contribution in [-0.2, 0) is 0 Å². The van der Waals surface area contributed by atoms with Crippen LogP contribution in [0.1, 0.15) is 45.2 Å². The van der Waals surface area contributed by atoms with Crippen molar-refractivity contribution in [2.24, 2.45) is 5.92 Å². The van der Waals surface area contributed by atoms with Crippen molar-refractivity contribution in [2.75, 3.05) is 20.8 Å². The minimum Gasteiger partial charge on any atom is -0.497 e. The molecular weight excluding hydrogens is 238 g/mol. The van der Waals surface area contributed by atoms with Crippen molar-refractivity contribution >= 4 is 0 Å². The second-order valence-corrected chi connectivity index (χ2v) is 4.92. The molecule has 1 aromatic rings. The van der Waals surface area contributed by atoms with E-state index in [2.05, 4.69) is 26.1 Å². The molecule has 1 aromatic carbocycles. The van der Waals surface area contributed by atoms with Crippen LogP contribution in [0.25, 0.3) is 0 Å². The maximum absolute atomic E-state index is 5.43. The van der Waals surface area contributed by atoms with Crippen LogP contribution in [0.4, 0.5) is 0 Å². The minimum atomic E-state index is 0.255. The van der Waals surface area contributed by atoms with Gasteiger partial charge in [-0.25, -0.2) is 0 Å². The normalized spacial score (nSPS) is 12.5. The van der Waals surface area contributed by atoms with Crippen molar-refractivity contribution in [1.82, 2.24) is 5.32 Å². The average Bonchev–Trinajstić information content (AvgIpc) is 2.47. The van der Waals surface area contributed by atoms with E-state index < -0.39 is 0 Å². The summed E-state index contributed by atoms with van der Waals surface area (Å²) >= 11 is 0. The van der Waals surface area contributed by atoms with Gasteiger partial charge in [-0.1, -0.05) is 26.7 Å². The summed E-state index contributed by atoms with van der Waals surface area (Å²) in [5.41, 5.74) is 1.15. The zero-order chi connectivity index (χ0) is 14.3. The highest BCUT2D eigenvalue weighted by molar-refractivity contribution is 5.42. The fraction of sp³-hybridized carbons (Fsp3) is 0.625. The molecule has 0 bridgehead atoms. The van der Waals surface area contributed by atoms with E-state index in [0.717, 1.165) is 29.5 Å². The zero-order valence-corrected chi connectivity index (χ0v) is 12.8. The van der Waals surface area contributed by atoms with E-state index in [1.54, 1.807) is 14.2 Å². The maximum atomic E-state index is 5.43. The van der Waals surface area contributed by atoms with Crippen molar-refractivity contribution < 1.29 is 9.47 Å². The summed E-state index contributed by atoms with van der Waals surface area (Å²) in [7, 11) is 3.40. The molecule has 0 heterocycles. The molecule has 0 aliphatic rings. The highest BCUT2D eigenvalue weighted by Gasteiger charge is 2.13. The van der Waals surface area contributed by atoms with Crippen molar-refractivity contribution in [3.63, 3.8) is 0 Å². The second-order valence-electron chi connectivity index (χ2n) is 4.92. The van der Waals surface area contributed by atoms with Crippen LogP contribution in [0.2, 0.25) is 0 Å². The molecule has 1 N–H and O–H groups in total. The van der Waals surface area contributed by atoms with Crippen LogP contribution in [0.15, 0.2) is 18.2 Å². The highest BCUT2D eigenvalue weighted by Crippen LogP contribution is 2.29. The van der Waals surface area contributed by atoms with Gasteiger partial charge in [-0.05, 0) is 37.6 Å². The number of benzene rings is 1. The first-order valence-corrected chi connectivity index (χ1v) is 7.11. The molecule has 0 aliphatic heterocycles. The van der Waals surface area contributed by atoms with Gasteiger partial charge in [-0.2, -0.15) is 0 Å². The van der Waals surface area contributed by atoms with Gasteiger partial charge in [0, 0.05) is 11.6 Å². The van der Waals surface area contributed by atoms with E-state index in [0.29, 0.717) is 0 Å². The predicted octanol–water partition coefficient (Wildman–Crippen LogP) is 3.79. The molecular formula is C16H27NO2. The topological polar surface area (TPSA) is 30.5 Å². The molecule has 1 atom stereocenters. The molecule has 3 nitrogen and oxygen atoms in total. The van der Waals surface area contributed by atoms with Crippen LogP contribution in [0.3, 0.4) is 0 Å². The van der Waals surface area contributed by atoms with E-state index in [9.17, 15) is 0 Å². The van der Waals surface area contributed by atoms with E-state index in [-0.39, 0.29) is 6.04 Å². The molecule has 1 unspecified atom stereocenters. The fourth-order valence-corrected chi connectivity index (χ4v) is 2.21. The maximum Gasteiger partial charge on any atom is 0.123 e. The molecule has 0 saturated heterocycles. The largest absolute Gasteiger partial charge is 0.497 e. The first kappa shape index (κ1) is 15.8. The van der Waals surface area contributed by atoms with Gasteiger partial charge in [0.25, 0.3) is 0 Å². The quantitative estimate of drug-likeness (QED) is 0.775. The van der Waals surface area contributed by atoms with Crippen LogP contribution in [0, 0.1) is 5.92 Å². The smallest absolute Gasteiger partial charge is 0.123 e. The lowest BCUT2D eigenvalue weighted by molar-refractivity contribution is 0.382. The molecule has 19 heavy (non-hydrogen) atoms. The Kier molecular flexibility index (Phi) is 6.71. The van der Waals surface area contributed by atoms with Gasteiger partial charge in [0.15, 0.2) is 0 Å². The molecule has 0 radical (unpaired) electrons. The van der Waals surface area contributed by atoms with Gasteiger partial charge in [-0.3, -0.25) is 0 Å². The lowest BCUT2D eigenvalue weighted by Crippen LogP contribution is -2.25. The SMILES string of the molecule is CCC(CC)CNC(C)c1cc(OC)ccc1OC. The van der Waals surface area contributed by atoms with Gasteiger partial charge in [0.1, 0.15) is 11.5 Å². The number of rotatable bonds is 8. The third-order valence-electron chi connectivity index (χ3n) is 3.77. The first-order valence-electron chi connectivity index (χ1n) is 7.11. The Morgan fingerprint density at radius 3 is 2.32 bits per heavy atom. The summed E-state index contributed by atoms with van der Waals surface area (Å²) in [6.07, 6.45) is 2.43. The summed E-state index contributed by atoms with van der Waals surface area (Å²) in [4.78, 5) is 0. The lowest BCUT2D eigenvalue weighted by atomic mass is 10.0. The van der Waals surface area contributed by atoms with Gasteiger partial charge < -0.3 is 14.8 Å². The van der Waals surface area contributed by atoms with Crippen LogP contribution in [0.5, 0.6) is 11.5 Å². The predicted molar refractivity (Wildman–Crippen MR) is 80.0 cm³/mol. The Bertz CT molecular complexity index is 375. The van der Waals surface area contributed by atoms with Crippen molar-refractivity contribution in [2.45, 2.75) is 39.7 Å². The number of ether oxygens (including phenoxy) is 2. The van der Waals surface area contributed by atoms with E-state index >= 15 is 0 Å². The monoisotopic (exact) mass is 265 g/mol. The van der Waals surface area contributed by atoms with Gasteiger partial charge >= 0.3 is 0 Å². The van der Waals surface area contributed by atoms with Crippen LogP contribution >= 0.6 is 0 Å². The van der Waals surface area contributed by atoms with Crippen LogP contribution in [-0.4, -0.2) is 20.8 Å². The molecule has 0 saturated carbocycles. The molecule has 0 aromatic heterocycles. The molecule has 0 spiro atoms. The van der Waals surface area contributed by atoms with Crippen molar-refractivity contribution in [3.05, 3.63) is 23.8 Å². The van der Waals surface area contributed by atoms with E-state index in [1.165, 1.54) is 12.8 Å². The first-order chi connectivity index (χ1) is 9.15. The highest BCUT2D eigenvalue weighted by atomic mass is 16.5. The van der Waals surface area contributed by atoms with Gasteiger partial charge in [0.05, 0.1) is 14.2 Å². The molecule has 0 amide bonds. The summed E-state index contributed by atoms with van der Waals surface area (Å²) in [5.74, 6) is 2.51. The van der Waals surface area contributed by atoms with Gasteiger partial charge in [0.2, 0.25) is 0 Å². The van der Waals surface area contributed by atoms with E-state index in [1.807, 2.05) is 18.2 Å². The number of methoxy groups -OCH3 is 2. The number of hydrogen-bond acceptors (Lipinski definition) is 3. The fourth-order valence-electron chi connectivity index (χ4n) is 2.21. The molecule has 1 rings (SSSR count). The summed E-state index contributed by atoms with van der Waals surface area (Å²) in [5, 5.41) is 3.59. The standard InChI is InChI=1S/C16H27NO2/c1-6-13(7-2)11-17-12(3)15-10-14(18-4)8-9-16(15)19-5/h8-10,12-13,17H,6-7,11H2,1-5H3. The zero-order valence-electron chi connectivity index (χ0n) is 12.8. The molecule has 108 valence electrons. The third kappa shape index (κ3) is 4.43. The van der Waals surface area contributed by atoms with E-state index in [4.69, 9.17) is 9.47 Å². The van der Waals surface area contributed by atoms with Crippen molar-refractivity contribution in [3.8, 4) is 11.5 Å². The summed E-state index contributed by atoms with van der Waals surface area (Å²) in [6.45, 7) is 7.69. The molecule has 0 fully saturated rings. The Labute approximate surface area is 117 Å².